The number of aliphatic carboxylic acids is 1. The highest BCUT2D eigenvalue weighted by Gasteiger charge is 2.51. The van der Waals surface area contributed by atoms with Crippen LogP contribution in [0.4, 0.5) is 0 Å². The Labute approximate surface area is 124 Å². The largest absolute Gasteiger partial charge is 0.481 e. The molecule has 4 heteroatoms. The average molecular weight is 294 g/mol. The van der Waals surface area contributed by atoms with Crippen LogP contribution in [0.25, 0.3) is 0 Å². The summed E-state index contributed by atoms with van der Waals surface area (Å²) < 4.78 is 0. The smallest absolute Gasteiger partial charge is 0.308 e. The van der Waals surface area contributed by atoms with E-state index < -0.39 is 5.97 Å². The van der Waals surface area contributed by atoms with Crippen molar-refractivity contribution in [1.29, 1.82) is 0 Å². The SMILES string of the molecule is CC(NC1C2CCC(C2)C1C(=O)O)c1cccc(Cl)c1. The van der Waals surface area contributed by atoms with Gasteiger partial charge in [0.1, 0.15) is 0 Å². The number of rotatable bonds is 4. The highest BCUT2D eigenvalue weighted by atomic mass is 35.5. The number of halogens is 1. The zero-order valence-electron chi connectivity index (χ0n) is 11.6. The third-order valence-corrected chi connectivity index (χ3v) is 5.23. The van der Waals surface area contributed by atoms with Crippen molar-refractivity contribution in [3.05, 3.63) is 34.9 Å². The maximum Gasteiger partial charge on any atom is 0.308 e. The lowest BCUT2D eigenvalue weighted by Crippen LogP contribution is -2.45. The van der Waals surface area contributed by atoms with Crippen molar-refractivity contribution in [2.45, 2.75) is 38.3 Å². The molecule has 1 aromatic rings. The number of carbonyl (C=O) groups is 1. The first-order valence-corrected chi connectivity index (χ1v) is 7.68. The standard InChI is InChI=1S/C16H20ClNO2/c1-9(10-3-2-4-13(17)8-10)18-15-12-6-5-11(7-12)14(15)16(19)20/h2-4,8-9,11-12,14-15,18H,5-7H2,1H3,(H,19,20). The Balaban J connectivity index is 1.75. The summed E-state index contributed by atoms with van der Waals surface area (Å²) in [5.41, 5.74) is 1.12. The monoisotopic (exact) mass is 293 g/mol. The molecule has 2 fully saturated rings. The summed E-state index contributed by atoms with van der Waals surface area (Å²) in [5.74, 6) is 0.00711. The lowest BCUT2D eigenvalue weighted by Gasteiger charge is -2.31. The van der Waals surface area contributed by atoms with Crippen molar-refractivity contribution in [1.82, 2.24) is 5.32 Å². The minimum atomic E-state index is -0.645. The van der Waals surface area contributed by atoms with Crippen LogP contribution in [-0.2, 0) is 4.79 Å². The van der Waals surface area contributed by atoms with Gasteiger partial charge in [-0.2, -0.15) is 0 Å². The van der Waals surface area contributed by atoms with Gasteiger partial charge in [-0.3, -0.25) is 4.79 Å². The van der Waals surface area contributed by atoms with Crippen LogP contribution in [0.2, 0.25) is 5.02 Å². The van der Waals surface area contributed by atoms with Gasteiger partial charge in [-0.25, -0.2) is 0 Å². The maximum atomic E-state index is 11.5. The van der Waals surface area contributed by atoms with Crippen LogP contribution in [0.1, 0.15) is 37.8 Å². The third kappa shape index (κ3) is 2.45. The number of hydrogen-bond donors (Lipinski definition) is 2. The number of carboxylic acids is 1. The molecule has 2 bridgehead atoms. The molecule has 0 saturated heterocycles. The van der Waals surface area contributed by atoms with Crippen LogP contribution in [0.15, 0.2) is 24.3 Å². The summed E-state index contributed by atoms with van der Waals surface area (Å²) in [4.78, 5) is 11.5. The summed E-state index contributed by atoms with van der Waals surface area (Å²) in [7, 11) is 0. The Morgan fingerprint density at radius 3 is 2.85 bits per heavy atom. The first-order chi connectivity index (χ1) is 9.56. The van der Waals surface area contributed by atoms with Gasteiger partial charge in [-0.1, -0.05) is 23.7 Å². The Kier molecular flexibility index (Phi) is 3.74. The highest BCUT2D eigenvalue weighted by molar-refractivity contribution is 6.30. The van der Waals surface area contributed by atoms with Gasteiger partial charge in [0.05, 0.1) is 5.92 Å². The Bertz CT molecular complexity index is 519. The van der Waals surface area contributed by atoms with Gasteiger partial charge in [0.2, 0.25) is 0 Å². The molecule has 108 valence electrons. The molecule has 2 N–H and O–H groups in total. The molecule has 3 rings (SSSR count). The fraction of sp³-hybridized carbons (Fsp3) is 0.562. The van der Waals surface area contributed by atoms with Gasteiger partial charge in [-0.05, 0) is 55.7 Å². The van der Waals surface area contributed by atoms with Gasteiger partial charge in [-0.15, -0.1) is 0 Å². The van der Waals surface area contributed by atoms with E-state index in [0.29, 0.717) is 11.8 Å². The van der Waals surface area contributed by atoms with Crippen molar-refractivity contribution >= 4 is 17.6 Å². The molecule has 2 aliphatic rings. The zero-order valence-corrected chi connectivity index (χ0v) is 12.3. The predicted octanol–water partition coefficient (Wildman–Crippen LogP) is 3.49. The van der Waals surface area contributed by atoms with E-state index >= 15 is 0 Å². The summed E-state index contributed by atoms with van der Waals surface area (Å²) in [6.45, 7) is 2.08. The number of hydrogen-bond acceptors (Lipinski definition) is 2. The highest BCUT2D eigenvalue weighted by Crippen LogP contribution is 2.49. The van der Waals surface area contributed by atoms with Gasteiger partial charge in [0.15, 0.2) is 0 Å². The van der Waals surface area contributed by atoms with Crippen molar-refractivity contribution in [2.75, 3.05) is 0 Å². The first kappa shape index (κ1) is 13.9. The molecule has 3 nitrogen and oxygen atoms in total. The van der Waals surface area contributed by atoms with Crippen LogP contribution in [0.5, 0.6) is 0 Å². The van der Waals surface area contributed by atoms with E-state index in [9.17, 15) is 9.90 Å². The van der Waals surface area contributed by atoms with Crippen LogP contribution in [0.3, 0.4) is 0 Å². The third-order valence-electron chi connectivity index (χ3n) is 4.99. The summed E-state index contributed by atoms with van der Waals surface area (Å²) in [5, 5.41) is 13.7. The average Bonchev–Trinajstić information content (AvgIpc) is 2.99. The lowest BCUT2D eigenvalue weighted by molar-refractivity contribution is -0.144. The molecule has 0 aromatic heterocycles. The second-order valence-electron chi connectivity index (χ2n) is 6.17. The molecule has 0 heterocycles. The van der Waals surface area contributed by atoms with Crippen molar-refractivity contribution in [3.63, 3.8) is 0 Å². The molecule has 2 saturated carbocycles. The van der Waals surface area contributed by atoms with Gasteiger partial charge in [0.25, 0.3) is 0 Å². The van der Waals surface area contributed by atoms with E-state index in [1.807, 2.05) is 24.3 Å². The molecule has 5 atom stereocenters. The van der Waals surface area contributed by atoms with Crippen LogP contribution >= 0.6 is 11.6 Å². The van der Waals surface area contributed by atoms with Gasteiger partial charge < -0.3 is 10.4 Å². The molecule has 20 heavy (non-hydrogen) atoms. The molecule has 0 amide bonds. The molecular formula is C16H20ClNO2. The van der Waals surface area contributed by atoms with Gasteiger partial charge >= 0.3 is 5.97 Å². The summed E-state index contributed by atoms with van der Waals surface area (Å²) in [6, 6.07) is 8.00. The Hall–Kier alpha value is -1.06. The van der Waals surface area contributed by atoms with Crippen molar-refractivity contribution in [3.8, 4) is 0 Å². The quantitative estimate of drug-likeness (QED) is 0.893. The molecular weight excluding hydrogens is 274 g/mol. The number of fused-ring (bicyclic) bond motifs is 2. The second kappa shape index (κ2) is 5.38. The van der Waals surface area contributed by atoms with E-state index in [4.69, 9.17) is 11.6 Å². The summed E-state index contributed by atoms with van der Waals surface area (Å²) >= 11 is 6.03. The normalized spacial score (nSPS) is 33.3. The van der Waals surface area contributed by atoms with Crippen molar-refractivity contribution < 1.29 is 9.90 Å². The van der Waals surface area contributed by atoms with E-state index in [1.54, 1.807) is 0 Å². The van der Waals surface area contributed by atoms with E-state index in [1.165, 1.54) is 0 Å². The van der Waals surface area contributed by atoms with Crippen molar-refractivity contribution in [2.24, 2.45) is 17.8 Å². The fourth-order valence-electron chi connectivity index (χ4n) is 4.05. The molecule has 0 radical (unpaired) electrons. The van der Waals surface area contributed by atoms with E-state index in [-0.39, 0.29) is 18.0 Å². The molecule has 0 spiro atoms. The van der Waals surface area contributed by atoms with Gasteiger partial charge in [0, 0.05) is 17.1 Å². The lowest BCUT2D eigenvalue weighted by atomic mass is 9.84. The number of nitrogens with one attached hydrogen (secondary N) is 1. The van der Waals surface area contributed by atoms with Crippen LogP contribution < -0.4 is 5.32 Å². The minimum Gasteiger partial charge on any atom is -0.481 e. The minimum absolute atomic E-state index is 0.0974. The zero-order chi connectivity index (χ0) is 14.3. The topological polar surface area (TPSA) is 49.3 Å². The molecule has 0 aliphatic heterocycles. The molecule has 1 aromatic carbocycles. The Morgan fingerprint density at radius 2 is 2.15 bits per heavy atom. The fourth-order valence-corrected chi connectivity index (χ4v) is 4.25. The van der Waals surface area contributed by atoms with Crippen LogP contribution in [-0.4, -0.2) is 17.1 Å². The van der Waals surface area contributed by atoms with E-state index in [2.05, 4.69) is 12.2 Å². The predicted molar refractivity (Wildman–Crippen MR) is 78.7 cm³/mol. The molecule has 2 aliphatic carbocycles. The first-order valence-electron chi connectivity index (χ1n) is 7.30. The Morgan fingerprint density at radius 1 is 1.40 bits per heavy atom. The second-order valence-corrected chi connectivity index (χ2v) is 6.60. The summed E-state index contributed by atoms with van der Waals surface area (Å²) in [6.07, 6.45) is 3.30. The maximum absolute atomic E-state index is 11.5. The number of carboxylic acid groups (broad SMARTS) is 1. The molecule has 5 unspecified atom stereocenters. The number of benzene rings is 1. The van der Waals surface area contributed by atoms with Crippen LogP contribution in [0, 0.1) is 17.8 Å². The van der Waals surface area contributed by atoms with E-state index in [0.717, 1.165) is 29.8 Å².